The van der Waals surface area contributed by atoms with Crippen LogP contribution in [0.3, 0.4) is 0 Å². The zero-order valence-electron chi connectivity index (χ0n) is 10.8. The van der Waals surface area contributed by atoms with Gasteiger partial charge in [-0.1, -0.05) is 11.6 Å². The number of hydrogen-bond donors (Lipinski definition) is 0. The fourth-order valence-electron chi connectivity index (χ4n) is 2.30. The summed E-state index contributed by atoms with van der Waals surface area (Å²) in [5.74, 6) is -1.06. The van der Waals surface area contributed by atoms with Crippen LogP contribution in [0.4, 0.5) is 13.2 Å². The first-order valence-electron chi connectivity index (χ1n) is 6.30. The van der Waals surface area contributed by atoms with E-state index < -0.39 is 12.0 Å². The quantitative estimate of drug-likeness (QED) is 0.837. The van der Waals surface area contributed by atoms with Gasteiger partial charge in [0.2, 0.25) is 5.82 Å². The second-order valence-corrected chi connectivity index (χ2v) is 6.63. The molecule has 0 radical (unpaired) electrons. The zero-order chi connectivity index (χ0) is 15.0. The molecule has 1 aliphatic rings. The van der Waals surface area contributed by atoms with Gasteiger partial charge >= 0.3 is 6.18 Å². The van der Waals surface area contributed by atoms with Gasteiger partial charge in [0, 0.05) is 42.7 Å². The van der Waals surface area contributed by atoms with Crippen molar-refractivity contribution in [1.82, 2.24) is 14.9 Å². The van der Waals surface area contributed by atoms with E-state index in [0.717, 1.165) is 21.3 Å². The fourth-order valence-corrected chi connectivity index (χ4v) is 3.43. The maximum atomic E-state index is 12.6. The summed E-state index contributed by atoms with van der Waals surface area (Å²) in [6.07, 6.45) is -2.70. The molecule has 112 valence electrons. The highest BCUT2D eigenvalue weighted by Crippen LogP contribution is 2.29. The van der Waals surface area contributed by atoms with Gasteiger partial charge in [0.1, 0.15) is 0 Å². The minimum Gasteiger partial charge on any atom is -0.293 e. The van der Waals surface area contributed by atoms with E-state index >= 15 is 0 Å². The molecule has 3 heterocycles. The van der Waals surface area contributed by atoms with Crippen molar-refractivity contribution in [3.8, 4) is 0 Å². The molecule has 0 aliphatic carbocycles. The molecule has 2 aromatic rings. The average molecular weight is 334 g/mol. The molecule has 1 aliphatic heterocycles. The van der Waals surface area contributed by atoms with Crippen molar-refractivity contribution in [3.63, 3.8) is 0 Å². The minimum atomic E-state index is -4.49. The van der Waals surface area contributed by atoms with Crippen molar-refractivity contribution >= 4 is 22.9 Å². The van der Waals surface area contributed by atoms with Crippen LogP contribution >= 0.6 is 22.9 Å². The van der Waals surface area contributed by atoms with E-state index in [1.807, 2.05) is 12.1 Å². The molecule has 0 N–H and O–H groups in total. The maximum Gasteiger partial charge on any atom is 0.451 e. The first-order valence-corrected chi connectivity index (χ1v) is 7.50. The Labute approximate surface area is 128 Å². The molecule has 0 bridgehead atoms. The van der Waals surface area contributed by atoms with Crippen LogP contribution in [-0.2, 0) is 25.7 Å². The molecule has 0 aromatic carbocycles. The molecule has 0 saturated carbocycles. The van der Waals surface area contributed by atoms with Gasteiger partial charge in [0.15, 0.2) is 0 Å². The third-order valence-corrected chi connectivity index (χ3v) is 4.49. The van der Waals surface area contributed by atoms with E-state index in [1.54, 1.807) is 0 Å². The standard InChI is InChI=1S/C13H11ClF3N3S/c14-11-2-1-9(21-11)7-20-4-3-10-8(6-20)5-18-12(19-10)13(15,16)17/h1-2,5H,3-4,6-7H2. The van der Waals surface area contributed by atoms with Crippen molar-refractivity contribution < 1.29 is 13.2 Å². The second kappa shape index (κ2) is 5.55. The maximum absolute atomic E-state index is 12.6. The Balaban J connectivity index is 1.74. The molecule has 0 saturated heterocycles. The van der Waals surface area contributed by atoms with E-state index in [0.29, 0.717) is 25.2 Å². The summed E-state index contributed by atoms with van der Waals surface area (Å²) in [6.45, 7) is 1.97. The van der Waals surface area contributed by atoms with Gasteiger partial charge in [-0.15, -0.1) is 11.3 Å². The van der Waals surface area contributed by atoms with Crippen molar-refractivity contribution in [3.05, 3.63) is 44.6 Å². The molecule has 3 rings (SSSR count). The van der Waals surface area contributed by atoms with Gasteiger partial charge in [-0.3, -0.25) is 4.90 Å². The topological polar surface area (TPSA) is 29.0 Å². The lowest BCUT2D eigenvalue weighted by atomic mass is 10.1. The Bertz CT molecular complexity index is 656. The average Bonchev–Trinajstić information content (AvgIpc) is 2.82. The number of alkyl halides is 3. The van der Waals surface area contributed by atoms with E-state index in [1.165, 1.54) is 17.5 Å². The van der Waals surface area contributed by atoms with Crippen LogP contribution < -0.4 is 0 Å². The van der Waals surface area contributed by atoms with E-state index in [9.17, 15) is 13.2 Å². The van der Waals surface area contributed by atoms with Gasteiger partial charge in [-0.2, -0.15) is 13.2 Å². The summed E-state index contributed by atoms with van der Waals surface area (Å²) in [4.78, 5) is 10.4. The van der Waals surface area contributed by atoms with Gasteiger partial charge in [-0.25, -0.2) is 9.97 Å². The van der Waals surface area contributed by atoms with Crippen LogP contribution in [0.25, 0.3) is 0 Å². The van der Waals surface area contributed by atoms with Gasteiger partial charge in [0.05, 0.1) is 10.0 Å². The van der Waals surface area contributed by atoms with Crippen LogP contribution in [-0.4, -0.2) is 21.4 Å². The van der Waals surface area contributed by atoms with Crippen LogP contribution in [0.5, 0.6) is 0 Å². The molecule has 21 heavy (non-hydrogen) atoms. The number of hydrogen-bond acceptors (Lipinski definition) is 4. The fraction of sp³-hybridized carbons (Fsp3) is 0.385. The van der Waals surface area contributed by atoms with Crippen LogP contribution in [0, 0.1) is 0 Å². The molecule has 8 heteroatoms. The van der Waals surface area contributed by atoms with Crippen molar-refractivity contribution in [2.45, 2.75) is 25.7 Å². The van der Waals surface area contributed by atoms with Crippen LogP contribution in [0.15, 0.2) is 18.3 Å². The summed E-state index contributed by atoms with van der Waals surface area (Å²) in [6, 6.07) is 3.81. The number of thiophene rings is 1. The highest BCUT2D eigenvalue weighted by molar-refractivity contribution is 7.16. The number of nitrogens with zero attached hydrogens (tertiary/aromatic N) is 3. The Hall–Kier alpha value is -1.18. The SMILES string of the molecule is FC(F)(F)c1ncc2c(n1)CCN(Cc1ccc(Cl)s1)C2. The Morgan fingerprint density at radius 1 is 1.33 bits per heavy atom. The number of halogens is 4. The lowest BCUT2D eigenvalue weighted by Crippen LogP contribution is -2.31. The first-order chi connectivity index (χ1) is 9.91. The van der Waals surface area contributed by atoms with Gasteiger partial charge in [-0.05, 0) is 12.1 Å². The van der Waals surface area contributed by atoms with Crippen LogP contribution in [0.1, 0.15) is 22.0 Å². The molecule has 3 nitrogen and oxygen atoms in total. The number of rotatable bonds is 2. The van der Waals surface area contributed by atoms with E-state index in [4.69, 9.17) is 11.6 Å². The molecule has 0 amide bonds. The molecule has 0 fully saturated rings. The minimum absolute atomic E-state index is 0.498. The van der Waals surface area contributed by atoms with E-state index in [2.05, 4.69) is 14.9 Å². The van der Waals surface area contributed by atoms with Crippen molar-refractivity contribution in [2.75, 3.05) is 6.54 Å². The summed E-state index contributed by atoms with van der Waals surface area (Å²) in [5.41, 5.74) is 1.26. The zero-order valence-corrected chi connectivity index (χ0v) is 12.4. The monoisotopic (exact) mass is 333 g/mol. The predicted molar refractivity (Wildman–Crippen MR) is 74.2 cm³/mol. The van der Waals surface area contributed by atoms with Crippen molar-refractivity contribution in [2.24, 2.45) is 0 Å². The molecular weight excluding hydrogens is 323 g/mol. The highest BCUT2D eigenvalue weighted by Gasteiger charge is 2.35. The molecule has 2 aromatic heterocycles. The number of aromatic nitrogens is 2. The Kier molecular flexibility index (Phi) is 3.90. The molecule has 0 spiro atoms. The smallest absolute Gasteiger partial charge is 0.293 e. The van der Waals surface area contributed by atoms with E-state index in [-0.39, 0.29) is 0 Å². The summed E-state index contributed by atoms with van der Waals surface area (Å²) >= 11 is 7.41. The second-order valence-electron chi connectivity index (χ2n) is 4.83. The largest absolute Gasteiger partial charge is 0.451 e. The summed E-state index contributed by atoms with van der Waals surface area (Å²) < 4.78 is 38.5. The molecule has 0 unspecified atom stereocenters. The Morgan fingerprint density at radius 2 is 2.14 bits per heavy atom. The predicted octanol–water partition coefficient (Wildman–Crippen LogP) is 3.77. The third kappa shape index (κ3) is 3.36. The highest BCUT2D eigenvalue weighted by atomic mass is 35.5. The summed E-state index contributed by atoms with van der Waals surface area (Å²) in [5, 5.41) is 0. The van der Waals surface area contributed by atoms with Gasteiger partial charge in [0.25, 0.3) is 0 Å². The summed E-state index contributed by atoms with van der Waals surface area (Å²) in [7, 11) is 0. The molecule has 0 atom stereocenters. The van der Waals surface area contributed by atoms with Crippen LogP contribution in [0.2, 0.25) is 4.34 Å². The lowest BCUT2D eigenvalue weighted by molar-refractivity contribution is -0.145. The number of fused-ring (bicyclic) bond motifs is 1. The Morgan fingerprint density at radius 3 is 2.81 bits per heavy atom. The first kappa shape index (κ1) is 14.7. The molecular formula is C13H11ClF3N3S. The van der Waals surface area contributed by atoms with Crippen molar-refractivity contribution in [1.29, 1.82) is 0 Å². The normalized spacial score (nSPS) is 16.0. The van der Waals surface area contributed by atoms with Gasteiger partial charge < -0.3 is 0 Å². The third-order valence-electron chi connectivity index (χ3n) is 3.27. The lowest BCUT2D eigenvalue weighted by Gasteiger charge is -2.27.